The summed E-state index contributed by atoms with van der Waals surface area (Å²) >= 11 is 17.4. The minimum Gasteiger partial charge on any atom is -0.469 e. The van der Waals surface area contributed by atoms with E-state index < -0.39 is 9.90 Å². The molecule has 3 aliphatic carbocycles. The lowest BCUT2D eigenvalue weighted by Gasteiger charge is -2.54. The highest BCUT2D eigenvalue weighted by Gasteiger charge is 2.58. The molecular formula is C12H17Cl3O3. The van der Waals surface area contributed by atoms with Crippen molar-refractivity contribution in [1.29, 1.82) is 0 Å². The first-order valence-electron chi connectivity index (χ1n) is 6.09. The molecule has 18 heavy (non-hydrogen) atoms. The second-order valence-electron chi connectivity index (χ2n) is 5.58. The predicted molar refractivity (Wildman–Crippen MR) is 70.9 cm³/mol. The van der Waals surface area contributed by atoms with Crippen LogP contribution in [0.2, 0.25) is 0 Å². The fourth-order valence-electron chi connectivity index (χ4n) is 3.49. The molecular weight excluding hydrogens is 298 g/mol. The van der Waals surface area contributed by atoms with Gasteiger partial charge in [-0.3, -0.25) is 4.79 Å². The van der Waals surface area contributed by atoms with Crippen molar-refractivity contribution in [3.63, 3.8) is 0 Å². The van der Waals surface area contributed by atoms with Crippen molar-refractivity contribution in [3.8, 4) is 0 Å². The van der Waals surface area contributed by atoms with E-state index in [-0.39, 0.29) is 16.8 Å². The van der Waals surface area contributed by atoms with Crippen molar-refractivity contribution < 1.29 is 14.6 Å². The van der Waals surface area contributed by atoms with Crippen molar-refractivity contribution >= 4 is 40.8 Å². The molecule has 3 fully saturated rings. The van der Waals surface area contributed by atoms with Crippen molar-refractivity contribution in [1.82, 2.24) is 0 Å². The Balaban J connectivity index is 2.15. The molecule has 0 aromatic rings. The van der Waals surface area contributed by atoms with Gasteiger partial charge in [0.25, 0.3) is 0 Å². The zero-order valence-corrected chi connectivity index (χ0v) is 12.5. The summed E-state index contributed by atoms with van der Waals surface area (Å²) in [7, 11) is 1.42. The molecule has 3 saturated carbocycles. The molecule has 0 aliphatic heterocycles. The molecule has 0 heterocycles. The quantitative estimate of drug-likeness (QED) is 0.628. The molecule has 1 unspecified atom stereocenters. The summed E-state index contributed by atoms with van der Waals surface area (Å²) in [6.07, 6.45) is 3.25. The fraction of sp³-hybridized carbons (Fsp3) is 0.917. The highest BCUT2D eigenvalue weighted by atomic mass is 35.6. The average molecular weight is 316 g/mol. The van der Waals surface area contributed by atoms with Crippen LogP contribution in [0.1, 0.15) is 38.5 Å². The molecule has 0 radical (unpaired) electrons. The van der Waals surface area contributed by atoms with Gasteiger partial charge in [0, 0.05) is 5.41 Å². The number of fused-ring (bicyclic) bond motifs is 3. The number of methoxy groups -OCH3 is 1. The van der Waals surface area contributed by atoms with E-state index in [1.165, 1.54) is 7.11 Å². The lowest BCUT2D eigenvalue weighted by atomic mass is 9.52. The lowest BCUT2D eigenvalue weighted by molar-refractivity contribution is -0.168. The van der Waals surface area contributed by atoms with Crippen LogP contribution in [0.5, 0.6) is 0 Å². The van der Waals surface area contributed by atoms with E-state index in [0.29, 0.717) is 38.5 Å². The first kappa shape index (κ1) is 14.7. The first-order chi connectivity index (χ1) is 8.26. The maximum atomic E-state index is 11.9. The van der Waals surface area contributed by atoms with E-state index in [4.69, 9.17) is 39.5 Å². The number of hydrogen-bond donors (Lipinski definition) is 1. The fourth-order valence-corrected chi connectivity index (χ4v) is 4.19. The maximum absolute atomic E-state index is 11.9. The van der Waals surface area contributed by atoms with Gasteiger partial charge < -0.3 is 9.84 Å². The largest absolute Gasteiger partial charge is 0.469 e. The highest BCUT2D eigenvalue weighted by Crippen LogP contribution is 2.61. The number of hydrogen-bond acceptors (Lipinski definition) is 3. The standard InChI is InChI=1S/C12H17Cl3O3/c1-18-9(17)11-5-2-10(3-6-11,4-7-11)8(16)12(13,14)15/h8,16H,2-7H2,1H3. The summed E-state index contributed by atoms with van der Waals surface area (Å²) in [5, 5.41) is 10.3. The second kappa shape index (κ2) is 4.69. The summed E-state index contributed by atoms with van der Waals surface area (Å²) in [5.41, 5.74) is -0.731. The van der Waals surface area contributed by atoms with Crippen LogP contribution >= 0.6 is 34.8 Å². The lowest BCUT2D eigenvalue weighted by Crippen LogP contribution is -2.54. The van der Waals surface area contributed by atoms with E-state index in [1.54, 1.807) is 0 Å². The van der Waals surface area contributed by atoms with Gasteiger partial charge in [0.1, 0.15) is 6.10 Å². The van der Waals surface area contributed by atoms with Crippen LogP contribution in [0, 0.1) is 10.8 Å². The SMILES string of the molecule is COC(=O)C12CCC(C(O)C(Cl)(Cl)Cl)(CC1)CC2. The van der Waals surface area contributed by atoms with Crippen LogP contribution < -0.4 is 0 Å². The van der Waals surface area contributed by atoms with E-state index in [9.17, 15) is 9.90 Å². The smallest absolute Gasteiger partial charge is 0.311 e. The summed E-state index contributed by atoms with van der Waals surface area (Å²) in [6, 6.07) is 0. The molecule has 0 aromatic heterocycles. The minimum atomic E-state index is -1.66. The number of ether oxygens (including phenoxy) is 1. The van der Waals surface area contributed by atoms with Crippen LogP contribution in [0.15, 0.2) is 0 Å². The number of halogens is 3. The van der Waals surface area contributed by atoms with Gasteiger partial charge in [-0.2, -0.15) is 0 Å². The number of aliphatic hydroxyl groups excluding tert-OH is 1. The van der Waals surface area contributed by atoms with Crippen molar-refractivity contribution in [2.75, 3.05) is 7.11 Å². The Kier molecular flexibility index (Phi) is 3.83. The average Bonchev–Trinajstić information content (AvgIpc) is 2.38. The third-order valence-corrected chi connectivity index (χ3v) is 5.43. The first-order valence-corrected chi connectivity index (χ1v) is 7.22. The van der Waals surface area contributed by atoms with Crippen LogP contribution in [-0.2, 0) is 9.53 Å². The topological polar surface area (TPSA) is 46.5 Å². The summed E-state index contributed by atoms with van der Waals surface area (Å²) in [5.74, 6) is -0.140. The maximum Gasteiger partial charge on any atom is 0.311 e. The summed E-state index contributed by atoms with van der Waals surface area (Å²) in [6.45, 7) is 0. The third kappa shape index (κ3) is 2.24. The molecule has 0 amide bonds. The number of alkyl halides is 3. The molecule has 1 N–H and O–H groups in total. The Morgan fingerprint density at radius 3 is 1.94 bits per heavy atom. The zero-order chi connectivity index (χ0) is 13.6. The molecule has 6 heteroatoms. The third-order valence-electron chi connectivity index (χ3n) is 4.81. The molecule has 3 rings (SSSR count). The van der Waals surface area contributed by atoms with Gasteiger partial charge in [-0.1, -0.05) is 34.8 Å². The minimum absolute atomic E-state index is 0.140. The van der Waals surface area contributed by atoms with Gasteiger partial charge in [-0.15, -0.1) is 0 Å². The van der Waals surface area contributed by atoms with E-state index >= 15 is 0 Å². The van der Waals surface area contributed by atoms with Crippen LogP contribution in [0.25, 0.3) is 0 Å². The Morgan fingerprint density at radius 1 is 1.17 bits per heavy atom. The van der Waals surface area contributed by atoms with Crippen molar-refractivity contribution in [2.24, 2.45) is 10.8 Å². The van der Waals surface area contributed by atoms with E-state index in [1.807, 2.05) is 0 Å². The molecule has 0 aromatic carbocycles. The van der Waals surface area contributed by atoms with Gasteiger partial charge >= 0.3 is 5.97 Å². The van der Waals surface area contributed by atoms with Gasteiger partial charge in [0.05, 0.1) is 12.5 Å². The molecule has 0 spiro atoms. The molecule has 2 bridgehead atoms. The molecule has 104 valence electrons. The Labute approximate surface area is 122 Å². The van der Waals surface area contributed by atoms with E-state index in [0.717, 1.165) is 0 Å². The highest BCUT2D eigenvalue weighted by molar-refractivity contribution is 6.68. The predicted octanol–water partition coefficient (Wildman–Crippen LogP) is 3.23. The normalized spacial score (nSPS) is 37.4. The molecule has 3 nitrogen and oxygen atoms in total. The molecule has 0 saturated heterocycles. The zero-order valence-electron chi connectivity index (χ0n) is 10.2. The van der Waals surface area contributed by atoms with E-state index in [2.05, 4.69) is 0 Å². The Bertz CT molecular complexity index is 326. The van der Waals surface area contributed by atoms with Crippen molar-refractivity contribution in [3.05, 3.63) is 0 Å². The summed E-state index contributed by atoms with van der Waals surface area (Å²) < 4.78 is 3.23. The number of carbonyl (C=O) groups excluding carboxylic acids is 1. The van der Waals surface area contributed by atoms with Gasteiger partial charge in [-0.25, -0.2) is 0 Å². The number of esters is 1. The van der Waals surface area contributed by atoms with Gasteiger partial charge in [-0.05, 0) is 38.5 Å². The molecule has 1 atom stereocenters. The molecule has 3 aliphatic rings. The van der Waals surface area contributed by atoms with Crippen molar-refractivity contribution in [2.45, 2.75) is 48.4 Å². The number of aliphatic hydroxyl groups is 1. The van der Waals surface area contributed by atoms with Gasteiger partial charge in [0.2, 0.25) is 3.79 Å². The number of carbonyl (C=O) groups is 1. The van der Waals surface area contributed by atoms with Crippen LogP contribution in [0.3, 0.4) is 0 Å². The summed E-state index contributed by atoms with van der Waals surface area (Å²) in [4.78, 5) is 11.9. The Hall–Kier alpha value is 0.300. The van der Waals surface area contributed by atoms with Gasteiger partial charge in [0.15, 0.2) is 0 Å². The Morgan fingerprint density at radius 2 is 1.61 bits per heavy atom. The second-order valence-corrected chi connectivity index (χ2v) is 7.95. The number of rotatable bonds is 2. The van der Waals surface area contributed by atoms with Crippen LogP contribution in [-0.4, -0.2) is 28.1 Å². The van der Waals surface area contributed by atoms with Crippen LogP contribution in [0.4, 0.5) is 0 Å². The monoisotopic (exact) mass is 314 g/mol.